The van der Waals surface area contributed by atoms with Crippen molar-refractivity contribution in [3.8, 4) is 0 Å². The van der Waals surface area contributed by atoms with Gasteiger partial charge in [-0.05, 0) is 6.07 Å². The zero-order valence-electron chi connectivity index (χ0n) is 13.1. The van der Waals surface area contributed by atoms with Crippen LogP contribution in [-0.2, 0) is 4.79 Å². The summed E-state index contributed by atoms with van der Waals surface area (Å²) in [5.74, 6) is -0.729. The molecule has 3 N–H and O–H groups in total. The number of hydrazone groups is 1. The summed E-state index contributed by atoms with van der Waals surface area (Å²) in [5, 5.41) is 28.2. The highest BCUT2D eigenvalue weighted by molar-refractivity contribution is 6.06. The Balaban J connectivity index is 1.97. The number of nitro benzene ring substituents is 1. The average Bonchev–Trinajstić information content (AvgIpc) is 2.61. The van der Waals surface area contributed by atoms with Crippen LogP contribution >= 0.6 is 0 Å². The molecule has 3 rings (SSSR count). The molecule has 0 radical (unpaired) electrons. The summed E-state index contributed by atoms with van der Waals surface area (Å²) < 4.78 is 0. The fraction of sp³-hybridized carbons (Fsp3) is 0.467. The summed E-state index contributed by atoms with van der Waals surface area (Å²) in [4.78, 5) is 24.5. The van der Waals surface area contributed by atoms with Gasteiger partial charge in [0, 0.05) is 50.1 Å². The minimum atomic E-state index is -0.455. The number of carbonyl (C=O) groups is 1. The van der Waals surface area contributed by atoms with E-state index in [0.29, 0.717) is 30.1 Å². The summed E-state index contributed by atoms with van der Waals surface area (Å²) in [6, 6.07) is 4.94. The van der Waals surface area contributed by atoms with Crippen LogP contribution in [0.5, 0.6) is 0 Å². The lowest BCUT2D eigenvalue weighted by atomic mass is 9.92. The SMILES string of the molecule is O=C1CC(CO)C(c2ccc(N3CCNCC3)c([N+](=O)[O-])c2)=NN1. The average molecular weight is 333 g/mol. The monoisotopic (exact) mass is 333 g/mol. The van der Waals surface area contributed by atoms with Crippen LogP contribution in [0.1, 0.15) is 12.0 Å². The molecule has 1 aromatic carbocycles. The number of hydrogen-bond acceptors (Lipinski definition) is 7. The molecule has 0 spiro atoms. The Kier molecular flexibility index (Phi) is 4.72. The maximum Gasteiger partial charge on any atom is 0.293 e. The Labute approximate surface area is 138 Å². The van der Waals surface area contributed by atoms with Crippen LogP contribution in [0.3, 0.4) is 0 Å². The molecular weight excluding hydrogens is 314 g/mol. The number of nitro groups is 1. The van der Waals surface area contributed by atoms with E-state index < -0.39 is 10.8 Å². The number of benzene rings is 1. The van der Waals surface area contributed by atoms with Crippen molar-refractivity contribution in [3.05, 3.63) is 33.9 Å². The highest BCUT2D eigenvalue weighted by atomic mass is 16.6. The molecule has 2 heterocycles. The maximum absolute atomic E-state index is 11.5. The van der Waals surface area contributed by atoms with E-state index in [4.69, 9.17) is 0 Å². The number of hydrogen-bond donors (Lipinski definition) is 3. The first-order valence-corrected chi connectivity index (χ1v) is 7.82. The van der Waals surface area contributed by atoms with Gasteiger partial charge in [0.15, 0.2) is 0 Å². The maximum atomic E-state index is 11.5. The summed E-state index contributed by atoms with van der Waals surface area (Å²) in [5.41, 5.74) is 3.96. The van der Waals surface area contributed by atoms with Gasteiger partial charge < -0.3 is 15.3 Å². The number of piperazine rings is 1. The lowest BCUT2D eigenvalue weighted by molar-refractivity contribution is -0.384. The highest BCUT2D eigenvalue weighted by Crippen LogP contribution is 2.31. The Morgan fingerprint density at radius 1 is 1.38 bits per heavy atom. The highest BCUT2D eigenvalue weighted by Gasteiger charge is 2.28. The van der Waals surface area contributed by atoms with E-state index in [1.54, 1.807) is 12.1 Å². The van der Waals surface area contributed by atoms with E-state index in [1.165, 1.54) is 6.07 Å². The minimum Gasteiger partial charge on any atom is -0.396 e. The van der Waals surface area contributed by atoms with Gasteiger partial charge in [-0.15, -0.1) is 0 Å². The van der Waals surface area contributed by atoms with E-state index in [1.807, 2.05) is 4.90 Å². The molecule has 1 saturated heterocycles. The summed E-state index contributed by atoms with van der Waals surface area (Å²) in [7, 11) is 0. The zero-order chi connectivity index (χ0) is 17.1. The second-order valence-corrected chi connectivity index (χ2v) is 5.81. The summed E-state index contributed by atoms with van der Waals surface area (Å²) in [6.07, 6.45) is 0.114. The molecule has 0 saturated carbocycles. The van der Waals surface area contributed by atoms with Crippen LogP contribution < -0.4 is 15.6 Å². The molecule has 0 aliphatic carbocycles. The molecule has 2 aliphatic rings. The molecule has 0 aromatic heterocycles. The number of rotatable bonds is 4. The molecule has 0 bridgehead atoms. The quantitative estimate of drug-likeness (QED) is 0.520. The van der Waals surface area contributed by atoms with Gasteiger partial charge in [-0.2, -0.15) is 5.10 Å². The number of carbonyl (C=O) groups excluding carboxylic acids is 1. The second-order valence-electron chi connectivity index (χ2n) is 5.81. The van der Waals surface area contributed by atoms with Gasteiger partial charge in [0.2, 0.25) is 5.91 Å². The first-order chi connectivity index (χ1) is 11.6. The molecular formula is C15H19N5O4. The van der Waals surface area contributed by atoms with Crippen LogP contribution in [0, 0.1) is 16.0 Å². The lowest BCUT2D eigenvalue weighted by Gasteiger charge is -2.29. The third-order valence-corrected chi connectivity index (χ3v) is 4.27. The zero-order valence-corrected chi connectivity index (χ0v) is 13.1. The van der Waals surface area contributed by atoms with Crippen molar-refractivity contribution in [2.75, 3.05) is 37.7 Å². The Bertz CT molecular complexity index is 684. The van der Waals surface area contributed by atoms with Gasteiger partial charge in [0.25, 0.3) is 5.69 Å². The molecule has 1 amide bonds. The van der Waals surface area contributed by atoms with E-state index in [2.05, 4.69) is 15.8 Å². The Morgan fingerprint density at radius 3 is 2.79 bits per heavy atom. The number of nitrogens with zero attached hydrogens (tertiary/aromatic N) is 3. The van der Waals surface area contributed by atoms with E-state index in [9.17, 15) is 20.0 Å². The van der Waals surface area contributed by atoms with Crippen molar-refractivity contribution < 1.29 is 14.8 Å². The Hall–Kier alpha value is -2.52. The van der Waals surface area contributed by atoms with Gasteiger partial charge in [0.05, 0.1) is 17.2 Å². The van der Waals surface area contributed by atoms with E-state index >= 15 is 0 Å². The molecule has 1 aromatic rings. The molecule has 1 unspecified atom stereocenters. The van der Waals surface area contributed by atoms with Crippen molar-refractivity contribution in [2.45, 2.75) is 6.42 Å². The molecule has 24 heavy (non-hydrogen) atoms. The minimum absolute atomic E-state index is 0.00527. The number of amides is 1. The van der Waals surface area contributed by atoms with E-state index in [-0.39, 0.29) is 24.6 Å². The van der Waals surface area contributed by atoms with E-state index in [0.717, 1.165) is 13.1 Å². The van der Waals surface area contributed by atoms with Crippen LogP contribution in [-0.4, -0.2) is 54.4 Å². The van der Waals surface area contributed by atoms with Crippen molar-refractivity contribution >= 4 is 23.0 Å². The van der Waals surface area contributed by atoms with Crippen LogP contribution in [0.4, 0.5) is 11.4 Å². The largest absolute Gasteiger partial charge is 0.396 e. The molecule has 9 heteroatoms. The number of aliphatic hydroxyl groups excluding tert-OH is 1. The first-order valence-electron chi connectivity index (χ1n) is 7.82. The molecule has 9 nitrogen and oxygen atoms in total. The van der Waals surface area contributed by atoms with Gasteiger partial charge in [-0.3, -0.25) is 14.9 Å². The third-order valence-electron chi connectivity index (χ3n) is 4.27. The van der Waals surface area contributed by atoms with Crippen LogP contribution in [0.15, 0.2) is 23.3 Å². The standard InChI is InChI=1S/C15H19N5O4/c21-9-11-8-14(22)17-18-15(11)10-1-2-12(13(7-10)20(23)24)19-5-3-16-4-6-19/h1-2,7,11,16,21H,3-6,8-9H2,(H,17,22). The number of nitrogens with one attached hydrogen (secondary N) is 2. The third kappa shape index (κ3) is 3.22. The summed E-state index contributed by atoms with van der Waals surface area (Å²) >= 11 is 0. The van der Waals surface area contributed by atoms with Crippen molar-refractivity contribution in [1.29, 1.82) is 0 Å². The fourth-order valence-electron chi connectivity index (χ4n) is 3.03. The fourth-order valence-corrected chi connectivity index (χ4v) is 3.03. The molecule has 1 fully saturated rings. The molecule has 1 atom stereocenters. The van der Waals surface area contributed by atoms with Crippen LogP contribution in [0.2, 0.25) is 0 Å². The second kappa shape index (κ2) is 6.93. The Morgan fingerprint density at radius 2 is 2.12 bits per heavy atom. The molecule has 2 aliphatic heterocycles. The van der Waals surface area contributed by atoms with Gasteiger partial charge in [-0.25, -0.2) is 5.43 Å². The van der Waals surface area contributed by atoms with Gasteiger partial charge >= 0.3 is 0 Å². The lowest BCUT2D eigenvalue weighted by Crippen LogP contribution is -2.43. The van der Waals surface area contributed by atoms with Crippen LogP contribution in [0.25, 0.3) is 0 Å². The predicted molar refractivity (Wildman–Crippen MR) is 88.1 cm³/mol. The predicted octanol–water partition coefficient (Wildman–Crippen LogP) is -0.163. The first kappa shape index (κ1) is 16.3. The van der Waals surface area contributed by atoms with Crippen molar-refractivity contribution in [2.24, 2.45) is 11.0 Å². The summed E-state index contributed by atoms with van der Waals surface area (Å²) in [6.45, 7) is 2.74. The topological polar surface area (TPSA) is 120 Å². The number of anilines is 1. The molecule has 128 valence electrons. The van der Waals surface area contributed by atoms with Crippen molar-refractivity contribution in [3.63, 3.8) is 0 Å². The smallest absolute Gasteiger partial charge is 0.293 e. The van der Waals surface area contributed by atoms with Crippen molar-refractivity contribution in [1.82, 2.24) is 10.7 Å². The van der Waals surface area contributed by atoms with Gasteiger partial charge in [0.1, 0.15) is 5.69 Å². The number of aliphatic hydroxyl groups is 1. The normalized spacial score (nSPS) is 21.2. The van der Waals surface area contributed by atoms with Gasteiger partial charge in [-0.1, -0.05) is 6.07 Å².